The first kappa shape index (κ1) is 17.5. The van der Waals surface area contributed by atoms with Crippen molar-refractivity contribution < 1.29 is 9.84 Å². The van der Waals surface area contributed by atoms with Gasteiger partial charge in [0.15, 0.2) is 0 Å². The van der Waals surface area contributed by atoms with E-state index in [2.05, 4.69) is 43.8 Å². The molecule has 0 amide bonds. The van der Waals surface area contributed by atoms with Crippen LogP contribution in [0.1, 0.15) is 48.4 Å². The highest BCUT2D eigenvalue weighted by Gasteiger charge is 2.20. The molecule has 0 fully saturated rings. The number of benzene rings is 2. The minimum atomic E-state index is 0.0990. The molecule has 0 saturated heterocycles. The van der Waals surface area contributed by atoms with Gasteiger partial charge in [0.05, 0.1) is 13.2 Å². The van der Waals surface area contributed by atoms with Crippen LogP contribution >= 0.6 is 0 Å². The van der Waals surface area contributed by atoms with Gasteiger partial charge in [-0.3, -0.25) is 0 Å². The van der Waals surface area contributed by atoms with Crippen LogP contribution in [0.4, 0.5) is 0 Å². The van der Waals surface area contributed by atoms with E-state index in [1.165, 1.54) is 11.1 Å². The Hall–Kier alpha value is -2.32. The van der Waals surface area contributed by atoms with Gasteiger partial charge in [0.2, 0.25) is 0 Å². The molecular weight excluding hydrogens is 308 g/mol. The molecule has 0 saturated carbocycles. The van der Waals surface area contributed by atoms with Crippen LogP contribution in [0.25, 0.3) is 11.3 Å². The Morgan fingerprint density at radius 2 is 1.92 bits per heavy atom. The molecule has 0 aromatic heterocycles. The van der Waals surface area contributed by atoms with E-state index in [9.17, 15) is 5.11 Å². The molecule has 2 nitrogen and oxygen atoms in total. The van der Waals surface area contributed by atoms with Crippen LogP contribution in [0.3, 0.4) is 0 Å². The fourth-order valence-electron chi connectivity index (χ4n) is 3.35. The van der Waals surface area contributed by atoms with Crippen LogP contribution < -0.4 is 0 Å². The number of aliphatic hydroxyl groups excluding tert-OH is 1. The number of rotatable bonds is 7. The molecule has 1 aliphatic carbocycles. The average Bonchev–Trinajstić information content (AvgIpc) is 2.67. The van der Waals surface area contributed by atoms with E-state index in [-0.39, 0.29) is 6.61 Å². The van der Waals surface area contributed by atoms with Gasteiger partial charge < -0.3 is 9.84 Å². The molecule has 1 N–H and O–H groups in total. The van der Waals surface area contributed by atoms with E-state index in [4.69, 9.17) is 4.74 Å². The third-order valence-corrected chi connectivity index (χ3v) is 4.78. The van der Waals surface area contributed by atoms with E-state index in [1.54, 1.807) is 0 Å². The lowest BCUT2D eigenvalue weighted by Gasteiger charge is -2.24. The number of aliphatic hydroxyl groups is 1. The third kappa shape index (κ3) is 3.85. The Morgan fingerprint density at radius 1 is 1.12 bits per heavy atom. The third-order valence-electron chi connectivity index (χ3n) is 4.78. The molecule has 0 spiro atoms. The Balaban J connectivity index is 1.99. The van der Waals surface area contributed by atoms with Gasteiger partial charge in [0, 0.05) is 5.56 Å². The second-order valence-corrected chi connectivity index (χ2v) is 6.50. The zero-order chi connectivity index (χ0) is 17.6. The quantitative estimate of drug-likeness (QED) is 0.556. The Labute approximate surface area is 150 Å². The van der Waals surface area contributed by atoms with Crippen LogP contribution in [0.15, 0.2) is 60.7 Å². The zero-order valence-electron chi connectivity index (χ0n) is 14.9. The summed E-state index contributed by atoms with van der Waals surface area (Å²) < 4.78 is 5.79. The predicted octanol–water partition coefficient (Wildman–Crippen LogP) is 5.21. The summed E-state index contributed by atoms with van der Waals surface area (Å²) in [5.41, 5.74) is 6.95. The normalized spacial score (nSPS) is 13.5. The predicted molar refractivity (Wildman–Crippen MR) is 104 cm³/mol. The van der Waals surface area contributed by atoms with E-state index in [0.717, 1.165) is 53.7 Å². The summed E-state index contributed by atoms with van der Waals surface area (Å²) in [7, 11) is 0. The molecule has 0 aliphatic heterocycles. The van der Waals surface area contributed by atoms with E-state index in [1.807, 2.05) is 18.2 Å². The summed E-state index contributed by atoms with van der Waals surface area (Å²) in [6, 6.07) is 16.8. The maximum absolute atomic E-state index is 9.87. The lowest BCUT2D eigenvalue weighted by molar-refractivity contribution is 0.271. The minimum Gasteiger partial charge on any atom is -0.494 e. The van der Waals surface area contributed by atoms with Gasteiger partial charge in [-0.25, -0.2) is 0 Å². The molecule has 2 heteroatoms. The molecule has 0 atom stereocenters. The van der Waals surface area contributed by atoms with Crippen molar-refractivity contribution in [3.8, 4) is 0 Å². The standard InChI is InChI=1S/C23H26O2/c1-3-4-14-25-17(2)20-12-10-18-11-13-21(16-24)23(22(18)15-20)19-8-6-5-7-9-19/h5-10,12,15,24H,2-4,11,13-14,16H2,1H3. The van der Waals surface area contributed by atoms with Crippen molar-refractivity contribution in [2.75, 3.05) is 13.2 Å². The van der Waals surface area contributed by atoms with Gasteiger partial charge in [0.25, 0.3) is 0 Å². The molecule has 25 heavy (non-hydrogen) atoms. The van der Waals surface area contributed by atoms with Gasteiger partial charge in [-0.15, -0.1) is 0 Å². The highest BCUT2D eigenvalue weighted by Crippen LogP contribution is 2.37. The molecular formula is C23H26O2. The summed E-state index contributed by atoms with van der Waals surface area (Å²) in [4.78, 5) is 0. The molecule has 1 aliphatic rings. The van der Waals surface area contributed by atoms with Gasteiger partial charge in [-0.05, 0) is 53.2 Å². The molecule has 2 aromatic carbocycles. The molecule has 0 unspecified atom stereocenters. The number of hydrogen-bond acceptors (Lipinski definition) is 2. The second kappa shape index (κ2) is 8.17. The largest absolute Gasteiger partial charge is 0.494 e. The SMILES string of the molecule is C=C(OCCCC)c1ccc2c(c1)C(c1ccccc1)=C(CO)CC2. The van der Waals surface area contributed by atoms with Crippen molar-refractivity contribution in [3.63, 3.8) is 0 Å². The molecule has 3 rings (SSSR count). The highest BCUT2D eigenvalue weighted by molar-refractivity contribution is 5.86. The first-order valence-electron chi connectivity index (χ1n) is 9.08. The van der Waals surface area contributed by atoms with Crippen molar-refractivity contribution in [2.45, 2.75) is 32.6 Å². The summed E-state index contributed by atoms with van der Waals surface area (Å²) in [5, 5.41) is 9.87. The van der Waals surface area contributed by atoms with Crippen LogP contribution in [-0.4, -0.2) is 18.3 Å². The number of unbranched alkanes of at least 4 members (excludes halogenated alkanes) is 1. The average molecular weight is 334 g/mol. The first-order valence-corrected chi connectivity index (χ1v) is 9.08. The van der Waals surface area contributed by atoms with Gasteiger partial charge in [-0.1, -0.05) is 62.4 Å². The minimum absolute atomic E-state index is 0.0990. The first-order chi connectivity index (χ1) is 12.2. The number of aryl methyl sites for hydroxylation is 1. The summed E-state index contributed by atoms with van der Waals surface area (Å²) >= 11 is 0. The Kier molecular flexibility index (Phi) is 5.72. The van der Waals surface area contributed by atoms with Gasteiger partial charge >= 0.3 is 0 Å². The lowest BCUT2D eigenvalue weighted by atomic mass is 9.81. The molecule has 0 radical (unpaired) electrons. The fourth-order valence-corrected chi connectivity index (χ4v) is 3.35. The van der Waals surface area contributed by atoms with E-state index < -0.39 is 0 Å². The van der Waals surface area contributed by atoms with Crippen molar-refractivity contribution in [2.24, 2.45) is 0 Å². The number of fused-ring (bicyclic) bond motifs is 1. The smallest absolute Gasteiger partial charge is 0.119 e. The Morgan fingerprint density at radius 3 is 2.64 bits per heavy atom. The van der Waals surface area contributed by atoms with E-state index >= 15 is 0 Å². The molecule has 2 aromatic rings. The van der Waals surface area contributed by atoms with Crippen molar-refractivity contribution in [1.29, 1.82) is 0 Å². The molecule has 130 valence electrons. The van der Waals surface area contributed by atoms with Crippen molar-refractivity contribution >= 4 is 11.3 Å². The summed E-state index contributed by atoms with van der Waals surface area (Å²) in [6.45, 7) is 7.05. The van der Waals surface area contributed by atoms with Crippen LogP contribution in [0.2, 0.25) is 0 Å². The maximum atomic E-state index is 9.87. The molecule has 0 bridgehead atoms. The van der Waals surface area contributed by atoms with E-state index in [0.29, 0.717) is 6.61 Å². The lowest BCUT2D eigenvalue weighted by Crippen LogP contribution is -2.09. The Bertz CT molecular complexity index is 772. The zero-order valence-corrected chi connectivity index (χ0v) is 14.9. The van der Waals surface area contributed by atoms with Crippen molar-refractivity contribution in [3.05, 3.63) is 82.9 Å². The number of ether oxygens (including phenoxy) is 1. The van der Waals surface area contributed by atoms with Gasteiger partial charge in [0.1, 0.15) is 5.76 Å². The summed E-state index contributed by atoms with van der Waals surface area (Å²) in [6.07, 6.45) is 4.01. The summed E-state index contributed by atoms with van der Waals surface area (Å²) in [5.74, 6) is 0.722. The van der Waals surface area contributed by atoms with Crippen molar-refractivity contribution in [1.82, 2.24) is 0 Å². The maximum Gasteiger partial charge on any atom is 0.119 e. The topological polar surface area (TPSA) is 29.5 Å². The second-order valence-electron chi connectivity index (χ2n) is 6.50. The van der Waals surface area contributed by atoms with Crippen LogP contribution in [-0.2, 0) is 11.2 Å². The molecule has 0 heterocycles. The fraction of sp³-hybridized carbons (Fsp3) is 0.304. The monoisotopic (exact) mass is 334 g/mol. The van der Waals surface area contributed by atoms with Crippen LogP contribution in [0, 0.1) is 0 Å². The van der Waals surface area contributed by atoms with Gasteiger partial charge in [-0.2, -0.15) is 0 Å². The number of hydrogen-bond donors (Lipinski definition) is 1. The highest BCUT2D eigenvalue weighted by atomic mass is 16.5. The van der Waals surface area contributed by atoms with Crippen LogP contribution in [0.5, 0.6) is 0 Å².